The zero-order valence-electron chi connectivity index (χ0n) is 10.5. The fourth-order valence-corrected chi connectivity index (χ4v) is 1.78. The molecule has 108 valence electrons. The third-order valence-electron chi connectivity index (χ3n) is 2.69. The molecule has 1 amide bonds. The van der Waals surface area contributed by atoms with Crippen molar-refractivity contribution in [2.45, 2.75) is 0 Å². The van der Waals surface area contributed by atoms with Crippen LogP contribution in [-0.4, -0.2) is 10.8 Å². The Bertz CT molecular complexity index is 737. The van der Waals surface area contributed by atoms with E-state index in [1.165, 1.54) is 24.3 Å². The maximum Gasteiger partial charge on any atom is 0.295 e. The number of amides is 1. The summed E-state index contributed by atoms with van der Waals surface area (Å²) in [7, 11) is 0. The lowest BCUT2D eigenvalue weighted by Gasteiger charge is -2.08. The van der Waals surface area contributed by atoms with Gasteiger partial charge in [-0.2, -0.15) is 0 Å². The highest BCUT2D eigenvalue weighted by Gasteiger charge is 2.20. The summed E-state index contributed by atoms with van der Waals surface area (Å²) in [5.74, 6) is -1.63. The smallest absolute Gasteiger partial charge is 0.295 e. The third kappa shape index (κ3) is 3.09. The van der Waals surface area contributed by atoms with Gasteiger partial charge in [0.2, 0.25) is 0 Å². The summed E-state index contributed by atoms with van der Waals surface area (Å²) >= 11 is 5.73. The number of nitrogens with zero attached hydrogens (tertiary/aromatic N) is 1. The summed E-state index contributed by atoms with van der Waals surface area (Å²) in [6.07, 6.45) is 0. The van der Waals surface area contributed by atoms with Crippen molar-refractivity contribution < 1.29 is 14.1 Å². The van der Waals surface area contributed by atoms with Crippen molar-refractivity contribution in [1.82, 2.24) is 0 Å². The molecular formula is C13H9ClFN3O3. The van der Waals surface area contributed by atoms with Crippen LogP contribution in [0.4, 0.5) is 21.5 Å². The number of carbonyl (C=O) groups is 1. The fourth-order valence-electron chi connectivity index (χ4n) is 1.66. The van der Waals surface area contributed by atoms with Gasteiger partial charge in [0.1, 0.15) is 0 Å². The number of anilines is 2. The van der Waals surface area contributed by atoms with E-state index in [2.05, 4.69) is 5.32 Å². The first-order valence-corrected chi connectivity index (χ1v) is 6.07. The number of carbonyl (C=O) groups excluding carboxylic acids is 1. The molecule has 0 heterocycles. The van der Waals surface area contributed by atoms with Crippen molar-refractivity contribution in [3.8, 4) is 0 Å². The zero-order chi connectivity index (χ0) is 15.6. The molecule has 0 aliphatic heterocycles. The monoisotopic (exact) mass is 309 g/mol. The van der Waals surface area contributed by atoms with Gasteiger partial charge in [0.05, 0.1) is 15.6 Å². The second kappa shape index (κ2) is 5.76. The molecule has 0 atom stereocenters. The highest BCUT2D eigenvalue weighted by molar-refractivity contribution is 6.33. The molecule has 0 bridgehead atoms. The Labute approximate surface area is 123 Å². The molecule has 0 saturated heterocycles. The van der Waals surface area contributed by atoms with E-state index < -0.39 is 28.0 Å². The lowest BCUT2D eigenvalue weighted by atomic mass is 10.1. The Morgan fingerprint density at radius 1 is 1.33 bits per heavy atom. The van der Waals surface area contributed by atoms with E-state index in [0.29, 0.717) is 0 Å². The minimum Gasteiger partial charge on any atom is -0.398 e. The van der Waals surface area contributed by atoms with Crippen LogP contribution in [0.3, 0.4) is 0 Å². The SMILES string of the molecule is Nc1cc(C(=O)Nc2c(F)cccc2[N+](=O)[O-])ccc1Cl. The number of nitrogens with one attached hydrogen (secondary N) is 1. The van der Waals surface area contributed by atoms with Gasteiger partial charge in [-0.1, -0.05) is 17.7 Å². The maximum absolute atomic E-state index is 13.7. The van der Waals surface area contributed by atoms with Crippen LogP contribution in [0.25, 0.3) is 0 Å². The minimum atomic E-state index is -0.903. The number of nitrogen functional groups attached to an aromatic ring is 1. The number of nitro groups is 1. The van der Waals surface area contributed by atoms with E-state index in [4.69, 9.17) is 17.3 Å². The van der Waals surface area contributed by atoms with E-state index >= 15 is 0 Å². The van der Waals surface area contributed by atoms with E-state index in [1.54, 1.807) is 0 Å². The van der Waals surface area contributed by atoms with Gasteiger partial charge in [0, 0.05) is 11.6 Å². The van der Waals surface area contributed by atoms with Crippen molar-refractivity contribution in [3.63, 3.8) is 0 Å². The Morgan fingerprint density at radius 3 is 2.67 bits per heavy atom. The molecule has 8 heteroatoms. The van der Waals surface area contributed by atoms with Gasteiger partial charge < -0.3 is 11.1 Å². The topological polar surface area (TPSA) is 98.3 Å². The minimum absolute atomic E-state index is 0.106. The van der Waals surface area contributed by atoms with Gasteiger partial charge in [0.15, 0.2) is 11.5 Å². The van der Waals surface area contributed by atoms with Crippen molar-refractivity contribution in [2.75, 3.05) is 11.1 Å². The number of hydrogen-bond acceptors (Lipinski definition) is 4. The summed E-state index contributed by atoms with van der Waals surface area (Å²) < 4.78 is 13.7. The molecule has 0 radical (unpaired) electrons. The summed E-state index contributed by atoms with van der Waals surface area (Å²) in [6, 6.07) is 7.36. The number of benzene rings is 2. The van der Waals surface area contributed by atoms with Crippen LogP contribution in [0.1, 0.15) is 10.4 Å². The van der Waals surface area contributed by atoms with Crippen LogP contribution in [0.15, 0.2) is 36.4 Å². The van der Waals surface area contributed by atoms with Gasteiger partial charge in [-0.15, -0.1) is 0 Å². The van der Waals surface area contributed by atoms with E-state index in [1.807, 2.05) is 0 Å². The summed E-state index contributed by atoms with van der Waals surface area (Å²) in [5, 5.41) is 13.3. The molecule has 21 heavy (non-hydrogen) atoms. The molecule has 0 saturated carbocycles. The third-order valence-corrected chi connectivity index (χ3v) is 3.03. The predicted octanol–water partition coefficient (Wildman–Crippen LogP) is 3.22. The second-order valence-corrected chi connectivity index (χ2v) is 4.49. The highest BCUT2D eigenvalue weighted by atomic mass is 35.5. The molecule has 3 N–H and O–H groups in total. The molecule has 0 fully saturated rings. The van der Waals surface area contributed by atoms with Crippen LogP contribution in [0, 0.1) is 15.9 Å². The number of hydrogen-bond donors (Lipinski definition) is 2. The van der Waals surface area contributed by atoms with Crippen molar-refractivity contribution in [2.24, 2.45) is 0 Å². The quantitative estimate of drug-likeness (QED) is 0.516. The molecule has 2 aromatic carbocycles. The van der Waals surface area contributed by atoms with Gasteiger partial charge in [-0.25, -0.2) is 4.39 Å². The normalized spacial score (nSPS) is 10.2. The molecule has 0 spiro atoms. The molecule has 0 aliphatic rings. The molecular weight excluding hydrogens is 301 g/mol. The first kappa shape index (κ1) is 14.7. The Hall–Kier alpha value is -2.67. The first-order valence-electron chi connectivity index (χ1n) is 5.69. The van der Waals surface area contributed by atoms with E-state index in [-0.39, 0.29) is 16.3 Å². The van der Waals surface area contributed by atoms with Gasteiger partial charge in [-0.05, 0) is 24.3 Å². The second-order valence-electron chi connectivity index (χ2n) is 4.08. The first-order chi connectivity index (χ1) is 9.90. The molecule has 0 aliphatic carbocycles. The van der Waals surface area contributed by atoms with Gasteiger partial charge in [0.25, 0.3) is 11.6 Å². The molecule has 0 aromatic heterocycles. The number of halogens is 2. The number of nitro benzene ring substituents is 1. The van der Waals surface area contributed by atoms with Gasteiger partial charge in [-0.3, -0.25) is 14.9 Å². The van der Waals surface area contributed by atoms with Crippen LogP contribution in [0.2, 0.25) is 5.02 Å². The van der Waals surface area contributed by atoms with E-state index in [9.17, 15) is 19.3 Å². The average Bonchev–Trinajstić information content (AvgIpc) is 2.43. The summed E-state index contributed by atoms with van der Waals surface area (Å²) in [6.45, 7) is 0. The summed E-state index contributed by atoms with van der Waals surface area (Å²) in [5.41, 5.74) is 4.81. The fraction of sp³-hybridized carbons (Fsp3) is 0. The van der Waals surface area contributed by atoms with Crippen LogP contribution in [-0.2, 0) is 0 Å². The van der Waals surface area contributed by atoms with Crippen molar-refractivity contribution >= 4 is 34.6 Å². The Balaban J connectivity index is 2.36. The molecule has 2 rings (SSSR count). The summed E-state index contributed by atoms with van der Waals surface area (Å²) in [4.78, 5) is 22.1. The van der Waals surface area contributed by atoms with Crippen molar-refractivity contribution in [3.05, 3.63) is 62.9 Å². The molecule has 6 nitrogen and oxygen atoms in total. The Kier molecular flexibility index (Phi) is 4.04. The van der Waals surface area contributed by atoms with Crippen molar-refractivity contribution in [1.29, 1.82) is 0 Å². The van der Waals surface area contributed by atoms with Gasteiger partial charge >= 0.3 is 0 Å². The largest absolute Gasteiger partial charge is 0.398 e. The molecule has 2 aromatic rings. The lowest BCUT2D eigenvalue weighted by Crippen LogP contribution is -2.14. The number of nitrogens with two attached hydrogens (primary N) is 1. The van der Waals surface area contributed by atoms with E-state index in [0.717, 1.165) is 12.1 Å². The van der Waals surface area contributed by atoms with Crippen LogP contribution in [0.5, 0.6) is 0 Å². The highest BCUT2D eigenvalue weighted by Crippen LogP contribution is 2.28. The maximum atomic E-state index is 13.7. The van der Waals surface area contributed by atoms with Crippen LogP contribution < -0.4 is 11.1 Å². The Morgan fingerprint density at radius 2 is 2.05 bits per heavy atom. The predicted molar refractivity (Wildman–Crippen MR) is 76.9 cm³/mol. The standard InChI is InChI=1S/C13H9ClFN3O3/c14-8-5-4-7(6-10(8)16)13(19)17-12-9(15)2-1-3-11(12)18(20)21/h1-6H,16H2,(H,17,19). The van der Waals surface area contributed by atoms with Crippen LogP contribution >= 0.6 is 11.6 Å². The zero-order valence-corrected chi connectivity index (χ0v) is 11.2. The lowest BCUT2D eigenvalue weighted by molar-refractivity contribution is -0.384. The molecule has 0 unspecified atom stereocenters. The number of para-hydroxylation sites is 1. The number of rotatable bonds is 3. The average molecular weight is 310 g/mol.